The molecule has 3 heterocycles. The quantitative estimate of drug-likeness (QED) is 0.0534. The van der Waals surface area contributed by atoms with Crippen LogP contribution in [0, 0.1) is 18.3 Å². The van der Waals surface area contributed by atoms with Crippen molar-refractivity contribution >= 4 is 14.4 Å². The summed E-state index contributed by atoms with van der Waals surface area (Å²) in [7, 11) is 1.30. The van der Waals surface area contributed by atoms with Crippen molar-refractivity contribution < 1.29 is 32.8 Å². The molecule has 330 valence electrons. The topological polar surface area (TPSA) is 158 Å². The summed E-state index contributed by atoms with van der Waals surface area (Å²) in [5.41, 5.74) is -0.945. The third-order valence-corrected chi connectivity index (χ3v) is 13.7. The smallest absolute Gasteiger partial charge is 0.330 e. The number of aromatic amines is 1. The number of rotatable bonds is 18. The van der Waals surface area contributed by atoms with Crippen molar-refractivity contribution in [1.82, 2.24) is 19.1 Å². The molecule has 0 spiro atoms. The van der Waals surface area contributed by atoms with Crippen LogP contribution in [0.15, 0.2) is 125 Å². The highest BCUT2D eigenvalue weighted by Gasteiger charge is 2.68. The van der Waals surface area contributed by atoms with Crippen molar-refractivity contribution in [1.29, 1.82) is 5.26 Å². The summed E-state index contributed by atoms with van der Waals surface area (Å²) in [5.74, 6) is 1.01. The van der Waals surface area contributed by atoms with Crippen LogP contribution in [-0.2, 0) is 24.1 Å². The Morgan fingerprint density at radius 3 is 1.98 bits per heavy atom. The van der Waals surface area contributed by atoms with Crippen LogP contribution in [-0.4, -0.2) is 88.8 Å². The molecule has 1 N–H and O–H groups in total. The van der Waals surface area contributed by atoms with Gasteiger partial charge in [-0.05, 0) is 87.7 Å². The predicted octanol–water partition coefficient (Wildman–Crippen LogP) is 7.32. The van der Waals surface area contributed by atoms with E-state index in [2.05, 4.69) is 15.7 Å². The summed E-state index contributed by atoms with van der Waals surface area (Å²) in [6.45, 7) is 9.70. The molecular weight excluding hydrogens is 822 g/mol. The Balaban J connectivity index is 1.45. The van der Waals surface area contributed by atoms with Crippen LogP contribution in [0.5, 0.6) is 11.5 Å². The number of ether oxygens (including phenoxy) is 4. The number of H-pyrrole nitrogens is 1. The maximum atomic E-state index is 14.9. The number of nitrogens with one attached hydrogen (secondary N) is 1. The normalized spacial score (nSPS) is 20.0. The molecule has 0 aliphatic carbocycles. The van der Waals surface area contributed by atoms with E-state index in [0.29, 0.717) is 17.1 Å². The number of aryl methyl sites for hydroxylation is 1. The highest BCUT2D eigenvalue weighted by molar-refractivity contribution is 7.44. The summed E-state index contributed by atoms with van der Waals surface area (Å²) < 4.78 is 43.1. The summed E-state index contributed by atoms with van der Waals surface area (Å²) in [5, 5.41) is 9.55. The minimum Gasteiger partial charge on any atom is -0.497 e. The first-order valence-corrected chi connectivity index (χ1v) is 22.1. The van der Waals surface area contributed by atoms with Crippen molar-refractivity contribution in [2.24, 2.45) is 0 Å². The summed E-state index contributed by atoms with van der Waals surface area (Å²) in [6.07, 6.45) is -0.532. The fourth-order valence-electron chi connectivity index (χ4n) is 8.64. The monoisotopic (exact) mass is 875 g/mol. The number of nitriles is 1. The maximum absolute atomic E-state index is 14.9. The molecule has 15 heteroatoms. The van der Waals surface area contributed by atoms with Crippen molar-refractivity contribution in [2.45, 2.75) is 82.7 Å². The van der Waals surface area contributed by atoms with Crippen molar-refractivity contribution in [2.75, 3.05) is 34.0 Å². The largest absolute Gasteiger partial charge is 0.497 e. The molecule has 63 heavy (non-hydrogen) atoms. The first-order chi connectivity index (χ1) is 30.4. The fourth-order valence-corrected chi connectivity index (χ4v) is 10.5. The van der Waals surface area contributed by atoms with E-state index in [4.69, 9.17) is 28.0 Å². The Morgan fingerprint density at radius 1 is 0.889 bits per heavy atom. The average molecular weight is 876 g/mol. The lowest BCUT2D eigenvalue weighted by Gasteiger charge is -2.42. The molecule has 7 rings (SSSR count). The lowest BCUT2D eigenvalue weighted by molar-refractivity contribution is -0.173. The molecule has 2 aliphatic heterocycles. The number of fused-ring (bicyclic) bond motifs is 2. The van der Waals surface area contributed by atoms with E-state index in [1.807, 2.05) is 113 Å². The molecule has 0 saturated carbocycles. The molecule has 14 nitrogen and oxygen atoms in total. The summed E-state index contributed by atoms with van der Waals surface area (Å²) in [6, 6.07) is 35.2. The first kappa shape index (κ1) is 45.4. The molecule has 2 aliphatic rings. The lowest BCUT2D eigenvalue weighted by Crippen LogP contribution is -2.53. The average Bonchev–Trinajstić information content (AvgIpc) is 3.77. The van der Waals surface area contributed by atoms with Gasteiger partial charge in [0.1, 0.15) is 34.8 Å². The minimum atomic E-state index is -1.92. The van der Waals surface area contributed by atoms with Gasteiger partial charge in [0.25, 0.3) is 20.0 Å². The second-order valence-electron chi connectivity index (χ2n) is 16.2. The number of hydrogen-bond acceptors (Lipinski definition) is 11. The van der Waals surface area contributed by atoms with Gasteiger partial charge in [0.05, 0.1) is 46.5 Å². The Morgan fingerprint density at radius 2 is 1.44 bits per heavy atom. The van der Waals surface area contributed by atoms with Crippen LogP contribution < -0.4 is 20.7 Å². The van der Waals surface area contributed by atoms with Crippen LogP contribution in [0.3, 0.4) is 0 Å². The molecule has 1 aromatic heterocycles. The van der Waals surface area contributed by atoms with E-state index >= 15 is 0 Å². The van der Waals surface area contributed by atoms with Gasteiger partial charge in [0.2, 0.25) is 0 Å². The van der Waals surface area contributed by atoms with Gasteiger partial charge in [0, 0.05) is 29.4 Å². The maximum Gasteiger partial charge on any atom is 0.330 e. The Labute approximate surface area is 368 Å². The van der Waals surface area contributed by atoms with Crippen LogP contribution in [0.2, 0.25) is 0 Å². The molecule has 1 amide bonds. The van der Waals surface area contributed by atoms with Gasteiger partial charge >= 0.3 is 5.69 Å². The van der Waals surface area contributed by atoms with Crippen LogP contribution in [0.25, 0.3) is 0 Å². The van der Waals surface area contributed by atoms with Gasteiger partial charge in [-0.2, -0.15) is 5.26 Å². The number of amides is 1. The molecular formula is C48H54N5O9P. The van der Waals surface area contributed by atoms with E-state index in [0.717, 1.165) is 16.7 Å². The Hall–Kier alpha value is -5.65. The van der Waals surface area contributed by atoms with Crippen molar-refractivity contribution in [3.63, 3.8) is 0 Å². The standard InChI is InChI=1S/C48H54N5O9P/c1-32(2)53(33(3)4)63(60-28-14-27-49)62-42-41-45(51-29-34(5)43(54)50-46(51)56)61-47(42,30-52(41)44(55)35-15-10-8-11-16-35)31-59-48(36-17-12-9-13-18-36,37-19-23-39(57-6)24-20-37)38-21-25-40(58-7)26-22-38/h8-13,15-26,29,32-33,41-42,45H,14,28,30-31H2,1-7H3,(H,50,54,56)/t41-,42+,45-,47-,63?/m1/s1. The SMILES string of the molecule is COc1ccc(C(OC[C@@]23CN(C(=O)c4ccccc4)[C@@H]([C@H](n4cc(C)c(=O)[nH]c4=O)O2)[C@@H]3OP(OCCC#N)N(C(C)C)C(C)C)(c2ccccc2)c2ccc(OC)cc2)cc1. The minimum absolute atomic E-state index is 0.00443. The zero-order chi connectivity index (χ0) is 44.9. The molecule has 2 bridgehead atoms. The van der Waals surface area contributed by atoms with E-state index in [1.165, 1.54) is 10.8 Å². The van der Waals surface area contributed by atoms with Gasteiger partial charge in [0.15, 0.2) is 6.23 Å². The number of hydrogen-bond donors (Lipinski definition) is 1. The zero-order valence-corrected chi connectivity index (χ0v) is 37.5. The third-order valence-electron chi connectivity index (χ3n) is 11.5. The number of methoxy groups -OCH3 is 2. The number of nitrogens with zero attached hydrogens (tertiary/aromatic N) is 4. The van der Waals surface area contributed by atoms with Crippen LogP contribution in [0.1, 0.15) is 73.0 Å². The summed E-state index contributed by atoms with van der Waals surface area (Å²) >= 11 is 0. The number of benzene rings is 4. The van der Waals surface area contributed by atoms with E-state index in [9.17, 15) is 19.6 Å². The summed E-state index contributed by atoms with van der Waals surface area (Å²) in [4.78, 5) is 45.6. The molecule has 2 fully saturated rings. The van der Waals surface area contributed by atoms with Crippen molar-refractivity contribution in [3.05, 3.63) is 164 Å². The van der Waals surface area contributed by atoms with Gasteiger partial charge in [-0.1, -0.05) is 72.8 Å². The van der Waals surface area contributed by atoms with Gasteiger partial charge in [-0.3, -0.25) is 19.1 Å². The second kappa shape index (κ2) is 19.4. The van der Waals surface area contributed by atoms with E-state index in [-0.39, 0.29) is 49.7 Å². The number of carbonyl (C=O) groups excluding carboxylic acids is 1. The lowest BCUT2D eigenvalue weighted by atomic mass is 9.79. The molecule has 1 unspecified atom stereocenters. The van der Waals surface area contributed by atoms with Gasteiger partial charge < -0.3 is 32.9 Å². The van der Waals surface area contributed by atoms with Crippen LogP contribution >= 0.6 is 8.53 Å². The van der Waals surface area contributed by atoms with Gasteiger partial charge in [-0.25, -0.2) is 9.46 Å². The molecule has 0 radical (unpaired) electrons. The highest BCUT2D eigenvalue weighted by Crippen LogP contribution is 2.57. The molecule has 2 saturated heterocycles. The first-order valence-electron chi connectivity index (χ1n) is 21.0. The fraction of sp³-hybridized carbons (Fsp3) is 0.375. The van der Waals surface area contributed by atoms with E-state index < -0.39 is 49.4 Å². The number of carbonyl (C=O) groups is 1. The molecule has 4 aromatic carbocycles. The highest BCUT2D eigenvalue weighted by atomic mass is 31.2. The van der Waals surface area contributed by atoms with Crippen molar-refractivity contribution in [3.8, 4) is 17.6 Å². The number of likely N-dealkylation sites (tertiary alicyclic amines) is 1. The number of morpholine rings is 1. The third kappa shape index (κ3) is 8.95. The van der Waals surface area contributed by atoms with Gasteiger partial charge in [-0.15, -0.1) is 0 Å². The second-order valence-corrected chi connectivity index (χ2v) is 17.6. The zero-order valence-electron chi connectivity index (χ0n) is 36.6. The Kier molecular flexibility index (Phi) is 14.0. The molecule has 5 aromatic rings. The number of aromatic nitrogens is 2. The predicted molar refractivity (Wildman–Crippen MR) is 239 cm³/mol. The Bertz CT molecular complexity index is 2440. The van der Waals surface area contributed by atoms with E-state index in [1.54, 1.807) is 50.3 Å². The molecule has 5 atom stereocenters. The van der Waals surface area contributed by atoms with Crippen LogP contribution in [0.4, 0.5) is 0 Å².